The van der Waals surface area contributed by atoms with E-state index >= 15 is 0 Å². The van der Waals surface area contributed by atoms with Crippen molar-refractivity contribution in [2.75, 3.05) is 6.54 Å². The van der Waals surface area contributed by atoms with Crippen LogP contribution in [-0.4, -0.2) is 23.5 Å². The van der Waals surface area contributed by atoms with E-state index in [9.17, 15) is 0 Å². The Kier molecular flexibility index (Phi) is 2.12. The van der Waals surface area contributed by atoms with Gasteiger partial charge in [0.25, 0.3) is 0 Å². The maximum absolute atomic E-state index is 2.57. The molecule has 1 heteroatoms. The molecule has 1 aliphatic heterocycles. The van der Waals surface area contributed by atoms with Gasteiger partial charge in [-0.25, -0.2) is 0 Å². The average Bonchev–Trinajstić information content (AvgIpc) is 2.12. The molecule has 0 bridgehead atoms. The average molecular weight is 127 g/mol. The molecule has 1 heterocycles. The van der Waals surface area contributed by atoms with Gasteiger partial charge in [-0.1, -0.05) is 6.92 Å². The van der Waals surface area contributed by atoms with E-state index in [0.717, 1.165) is 12.1 Å². The van der Waals surface area contributed by atoms with Gasteiger partial charge in [0.1, 0.15) is 0 Å². The van der Waals surface area contributed by atoms with Gasteiger partial charge in [-0.2, -0.15) is 0 Å². The number of rotatable bonds is 1. The predicted molar refractivity (Wildman–Crippen MR) is 40.5 cm³/mol. The molecule has 1 aliphatic rings. The van der Waals surface area contributed by atoms with Gasteiger partial charge in [-0.05, 0) is 33.2 Å². The Balaban J connectivity index is 2.44. The molecule has 1 rings (SSSR count). The van der Waals surface area contributed by atoms with Gasteiger partial charge in [0.05, 0.1) is 0 Å². The van der Waals surface area contributed by atoms with Crippen LogP contribution in [0.25, 0.3) is 0 Å². The van der Waals surface area contributed by atoms with Crippen LogP contribution in [0, 0.1) is 0 Å². The van der Waals surface area contributed by atoms with E-state index in [1.807, 2.05) is 0 Å². The van der Waals surface area contributed by atoms with Crippen LogP contribution in [0.5, 0.6) is 0 Å². The fourth-order valence-corrected chi connectivity index (χ4v) is 1.87. The molecule has 2 unspecified atom stereocenters. The summed E-state index contributed by atoms with van der Waals surface area (Å²) in [7, 11) is 0. The normalized spacial score (nSPS) is 37.7. The maximum atomic E-state index is 2.57. The summed E-state index contributed by atoms with van der Waals surface area (Å²) in [5, 5.41) is 0. The van der Waals surface area contributed by atoms with Crippen LogP contribution < -0.4 is 0 Å². The van der Waals surface area contributed by atoms with E-state index in [-0.39, 0.29) is 0 Å². The van der Waals surface area contributed by atoms with Crippen molar-refractivity contribution in [1.82, 2.24) is 4.90 Å². The van der Waals surface area contributed by atoms with Gasteiger partial charge in [0.2, 0.25) is 0 Å². The van der Waals surface area contributed by atoms with Crippen LogP contribution in [0.4, 0.5) is 0 Å². The molecule has 54 valence electrons. The van der Waals surface area contributed by atoms with Gasteiger partial charge in [-0.3, -0.25) is 4.90 Å². The van der Waals surface area contributed by atoms with Gasteiger partial charge < -0.3 is 0 Å². The third kappa shape index (κ3) is 1.26. The molecular weight excluding hydrogens is 110 g/mol. The Morgan fingerprint density at radius 2 is 1.67 bits per heavy atom. The van der Waals surface area contributed by atoms with E-state index < -0.39 is 0 Å². The van der Waals surface area contributed by atoms with Crippen molar-refractivity contribution in [3.63, 3.8) is 0 Å². The lowest BCUT2D eigenvalue weighted by atomic mass is 10.2. The van der Waals surface area contributed by atoms with Gasteiger partial charge in [0, 0.05) is 12.1 Å². The van der Waals surface area contributed by atoms with Crippen LogP contribution in [0.3, 0.4) is 0 Å². The lowest BCUT2D eigenvalue weighted by molar-refractivity contribution is 0.226. The number of likely N-dealkylation sites (tertiary alicyclic amines) is 1. The summed E-state index contributed by atoms with van der Waals surface area (Å²) in [4.78, 5) is 2.57. The van der Waals surface area contributed by atoms with Crippen molar-refractivity contribution in [2.45, 2.75) is 45.7 Å². The third-order valence-electron chi connectivity index (χ3n) is 2.50. The summed E-state index contributed by atoms with van der Waals surface area (Å²) in [6.45, 7) is 8.13. The van der Waals surface area contributed by atoms with E-state index in [0.29, 0.717) is 0 Å². The Morgan fingerprint density at radius 1 is 1.22 bits per heavy atom. The van der Waals surface area contributed by atoms with Gasteiger partial charge >= 0.3 is 0 Å². The molecular formula is C8H17N. The number of hydrogen-bond acceptors (Lipinski definition) is 1. The van der Waals surface area contributed by atoms with Crippen molar-refractivity contribution >= 4 is 0 Å². The Morgan fingerprint density at radius 3 is 1.89 bits per heavy atom. The van der Waals surface area contributed by atoms with E-state index in [4.69, 9.17) is 0 Å². The van der Waals surface area contributed by atoms with Crippen molar-refractivity contribution in [3.8, 4) is 0 Å². The van der Waals surface area contributed by atoms with Crippen molar-refractivity contribution in [2.24, 2.45) is 0 Å². The molecule has 9 heavy (non-hydrogen) atoms. The Labute approximate surface area is 58.0 Å². The largest absolute Gasteiger partial charge is 0.298 e. The van der Waals surface area contributed by atoms with E-state index in [1.54, 1.807) is 0 Å². The van der Waals surface area contributed by atoms with Gasteiger partial charge in [0.15, 0.2) is 0 Å². The zero-order valence-electron chi connectivity index (χ0n) is 6.72. The first-order valence-corrected chi connectivity index (χ1v) is 4.01. The second-order valence-electron chi connectivity index (χ2n) is 3.11. The summed E-state index contributed by atoms with van der Waals surface area (Å²) in [5.74, 6) is 0. The van der Waals surface area contributed by atoms with Crippen LogP contribution in [-0.2, 0) is 0 Å². The molecule has 2 atom stereocenters. The first-order valence-electron chi connectivity index (χ1n) is 4.01. The lowest BCUT2D eigenvalue weighted by Gasteiger charge is -2.23. The second-order valence-corrected chi connectivity index (χ2v) is 3.11. The van der Waals surface area contributed by atoms with Crippen molar-refractivity contribution in [3.05, 3.63) is 0 Å². The summed E-state index contributed by atoms with van der Waals surface area (Å²) in [5.41, 5.74) is 0. The fourth-order valence-electron chi connectivity index (χ4n) is 1.87. The Bertz CT molecular complexity index is 80.6. The number of hydrogen-bond donors (Lipinski definition) is 0. The highest BCUT2D eigenvalue weighted by molar-refractivity contribution is 4.80. The van der Waals surface area contributed by atoms with Crippen molar-refractivity contribution in [1.29, 1.82) is 0 Å². The summed E-state index contributed by atoms with van der Waals surface area (Å²) in [6.07, 6.45) is 2.80. The fraction of sp³-hybridized carbons (Fsp3) is 1.00. The number of nitrogens with zero attached hydrogens (tertiary/aromatic N) is 1. The van der Waals surface area contributed by atoms with Crippen LogP contribution >= 0.6 is 0 Å². The molecule has 1 nitrogen and oxygen atoms in total. The Hall–Kier alpha value is -0.0400. The lowest BCUT2D eigenvalue weighted by Crippen LogP contribution is -2.32. The van der Waals surface area contributed by atoms with Gasteiger partial charge in [-0.15, -0.1) is 0 Å². The predicted octanol–water partition coefficient (Wildman–Crippen LogP) is 1.88. The summed E-state index contributed by atoms with van der Waals surface area (Å²) < 4.78 is 0. The highest BCUT2D eigenvalue weighted by atomic mass is 15.2. The van der Waals surface area contributed by atoms with E-state index in [2.05, 4.69) is 25.7 Å². The maximum Gasteiger partial charge on any atom is 0.00702 e. The molecule has 0 spiro atoms. The first-order chi connectivity index (χ1) is 4.25. The molecule has 0 radical (unpaired) electrons. The smallest absolute Gasteiger partial charge is 0.00702 e. The quantitative estimate of drug-likeness (QED) is 0.520. The summed E-state index contributed by atoms with van der Waals surface area (Å²) in [6, 6.07) is 1.68. The molecule has 0 amide bonds. The topological polar surface area (TPSA) is 3.24 Å². The molecule has 0 aromatic heterocycles. The van der Waals surface area contributed by atoms with Crippen molar-refractivity contribution < 1.29 is 0 Å². The third-order valence-corrected chi connectivity index (χ3v) is 2.50. The molecule has 0 N–H and O–H groups in total. The highest BCUT2D eigenvalue weighted by Crippen LogP contribution is 2.22. The molecule has 0 saturated carbocycles. The molecule has 0 aliphatic carbocycles. The standard InChI is InChI=1S/C8H17N/c1-4-9-7(2)5-6-8(9)3/h7-8H,4-6H2,1-3H3. The van der Waals surface area contributed by atoms with Crippen LogP contribution in [0.2, 0.25) is 0 Å². The monoisotopic (exact) mass is 127 g/mol. The van der Waals surface area contributed by atoms with E-state index in [1.165, 1.54) is 19.4 Å². The molecule has 0 aromatic rings. The zero-order valence-corrected chi connectivity index (χ0v) is 6.72. The van der Waals surface area contributed by atoms with Crippen LogP contribution in [0.1, 0.15) is 33.6 Å². The zero-order chi connectivity index (χ0) is 6.85. The molecule has 0 aromatic carbocycles. The molecule has 1 saturated heterocycles. The minimum Gasteiger partial charge on any atom is -0.298 e. The summed E-state index contributed by atoms with van der Waals surface area (Å²) >= 11 is 0. The highest BCUT2D eigenvalue weighted by Gasteiger charge is 2.24. The second kappa shape index (κ2) is 2.70. The molecule has 1 fully saturated rings. The SMILES string of the molecule is CCN1C(C)CCC1C. The minimum atomic E-state index is 0.838. The van der Waals surface area contributed by atoms with Crippen LogP contribution in [0.15, 0.2) is 0 Å². The first kappa shape index (κ1) is 7.07. The minimum absolute atomic E-state index is 0.838.